The Morgan fingerprint density at radius 1 is 1.35 bits per heavy atom. The first-order chi connectivity index (χ1) is 8.08. The number of halogens is 3. The van der Waals surface area contributed by atoms with Crippen molar-refractivity contribution in [2.75, 3.05) is 13.1 Å². The van der Waals surface area contributed by atoms with Crippen molar-refractivity contribution >= 4 is 29.1 Å². The van der Waals surface area contributed by atoms with Gasteiger partial charge in [0.05, 0.1) is 10.6 Å². The lowest BCUT2D eigenvalue weighted by atomic mass is 10.1. The van der Waals surface area contributed by atoms with Gasteiger partial charge in [0.15, 0.2) is 0 Å². The highest BCUT2D eigenvalue weighted by Crippen LogP contribution is 2.22. The van der Waals surface area contributed by atoms with Crippen LogP contribution in [0.2, 0.25) is 5.02 Å². The number of amides is 1. The van der Waals surface area contributed by atoms with Gasteiger partial charge in [0, 0.05) is 18.5 Å². The van der Waals surface area contributed by atoms with Crippen LogP contribution in [0.1, 0.15) is 23.2 Å². The zero-order chi connectivity index (χ0) is 12.4. The van der Waals surface area contributed by atoms with E-state index in [2.05, 4.69) is 0 Å². The van der Waals surface area contributed by atoms with Crippen molar-refractivity contribution in [3.8, 4) is 0 Å². The van der Waals surface area contributed by atoms with Gasteiger partial charge in [-0.2, -0.15) is 0 Å². The number of carbonyl (C=O) groups excluding carboxylic acids is 1. The van der Waals surface area contributed by atoms with E-state index in [1.165, 1.54) is 12.1 Å². The Labute approximate surface area is 109 Å². The lowest BCUT2D eigenvalue weighted by Crippen LogP contribution is -2.38. The maximum atomic E-state index is 12.9. The zero-order valence-corrected chi connectivity index (χ0v) is 10.6. The van der Waals surface area contributed by atoms with Gasteiger partial charge in [-0.25, -0.2) is 4.39 Å². The summed E-state index contributed by atoms with van der Waals surface area (Å²) < 4.78 is 12.9. The summed E-state index contributed by atoms with van der Waals surface area (Å²) in [7, 11) is 0. The molecule has 2 nitrogen and oxygen atoms in total. The molecule has 1 aromatic rings. The van der Waals surface area contributed by atoms with Crippen LogP contribution < -0.4 is 0 Å². The molecule has 92 valence electrons. The average molecular weight is 276 g/mol. The Balaban J connectivity index is 2.14. The molecular formula is C12H12Cl2FNO. The molecule has 0 aliphatic carbocycles. The van der Waals surface area contributed by atoms with Crippen molar-refractivity contribution in [3.63, 3.8) is 0 Å². The van der Waals surface area contributed by atoms with E-state index in [1.54, 1.807) is 4.90 Å². The first-order valence-electron chi connectivity index (χ1n) is 5.46. The Kier molecular flexibility index (Phi) is 3.89. The standard InChI is InChI=1S/C12H12Cl2FNO/c13-8-3-5-16(6-4-8)12(17)10-2-1-9(15)7-11(10)14/h1-2,7-8H,3-6H2. The second-order valence-corrected chi connectivity index (χ2v) is 5.12. The molecule has 2 rings (SSSR count). The van der Waals surface area contributed by atoms with Crippen LogP contribution in [0.4, 0.5) is 4.39 Å². The van der Waals surface area contributed by atoms with Crippen LogP contribution in [-0.2, 0) is 0 Å². The molecule has 0 bridgehead atoms. The Morgan fingerprint density at radius 3 is 2.59 bits per heavy atom. The van der Waals surface area contributed by atoms with Crippen molar-refractivity contribution in [1.29, 1.82) is 0 Å². The van der Waals surface area contributed by atoms with E-state index >= 15 is 0 Å². The lowest BCUT2D eigenvalue weighted by Gasteiger charge is -2.29. The quantitative estimate of drug-likeness (QED) is 0.720. The van der Waals surface area contributed by atoms with Gasteiger partial charge < -0.3 is 4.90 Å². The smallest absolute Gasteiger partial charge is 0.255 e. The molecule has 1 aliphatic rings. The normalized spacial score (nSPS) is 17.2. The Hall–Kier alpha value is -0.800. The topological polar surface area (TPSA) is 20.3 Å². The number of nitrogens with zero attached hydrogens (tertiary/aromatic N) is 1. The summed E-state index contributed by atoms with van der Waals surface area (Å²) in [5.74, 6) is -0.593. The molecule has 17 heavy (non-hydrogen) atoms. The minimum Gasteiger partial charge on any atom is -0.338 e. The van der Waals surface area contributed by atoms with Crippen LogP contribution >= 0.6 is 23.2 Å². The maximum absolute atomic E-state index is 12.9. The van der Waals surface area contributed by atoms with E-state index in [0.717, 1.165) is 18.9 Å². The summed E-state index contributed by atoms with van der Waals surface area (Å²) in [6.45, 7) is 1.25. The van der Waals surface area contributed by atoms with Crippen LogP contribution in [-0.4, -0.2) is 29.3 Å². The molecule has 0 atom stereocenters. The summed E-state index contributed by atoms with van der Waals surface area (Å²) >= 11 is 11.8. The lowest BCUT2D eigenvalue weighted by molar-refractivity contribution is 0.0726. The third kappa shape index (κ3) is 2.90. The van der Waals surface area contributed by atoms with E-state index in [1.807, 2.05) is 0 Å². The van der Waals surface area contributed by atoms with Gasteiger partial charge in [-0.3, -0.25) is 4.79 Å². The summed E-state index contributed by atoms with van der Waals surface area (Å²) in [6.07, 6.45) is 1.57. The fourth-order valence-corrected chi connectivity index (χ4v) is 2.33. The summed E-state index contributed by atoms with van der Waals surface area (Å²) in [4.78, 5) is 13.8. The van der Waals surface area contributed by atoms with E-state index in [4.69, 9.17) is 23.2 Å². The molecule has 1 fully saturated rings. The third-order valence-corrected chi connectivity index (χ3v) is 3.62. The van der Waals surface area contributed by atoms with Crippen LogP contribution in [0.15, 0.2) is 18.2 Å². The summed E-state index contributed by atoms with van der Waals surface area (Å²) in [6, 6.07) is 3.82. The molecule has 0 saturated carbocycles. The predicted octanol–water partition coefficient (Wildman–Crippen LogP) is 3.32. The van der Waals surface area contributed by atoms with E-state index in [0.29, 0.717) is 18.7 Å². The van der Waals surface area contributed by atoms with E-state index in [9.17, 15) is 9.18 Å². The number of alkyl halides is 1. The van der Waals surface area contributed by atoms with Crippen LogP contribution in [0.25, 0.3) is 0 Å². The number of hydrogen-bond acceptors (Lipinski definition) is 1. The van der Waals surface area contributed by atoms with E-state index < -0.39 is 5.82 Å². The minimum atomic E-state index is -0.439. The molecule has 1 aromatic carbocycles. The fraction of sp³-hybridized carbons (Fsp3) is 0.417. The molecule has 0 radical (unpaired) electrons. The molecule has 1 saturated heterocycles. The van der Waals surface area contributed by atoms with Crippen molar-refractivity contribution in [2.45, 2.75) is 18.2 Å². The predicted molar refractivity (Wildman–Crippen MR) is 66.2 cm³/mol. The molecule has 0 unspecified atom stereocenters. The second-order valence-electron chi connectivity index (χ2n) is 4.09. The summed E-state index contributed by atoms with van der Waals surface area (Å²) in [5.41, 5.74) is 0.348. The van der Waals surface area contributed by atoms with Crippen LogP contribution in [0.3, 0.4) is 0 Å². The summed E-state index contributed by atoms with van der Waals surface area (Å²) in [5, 5.41) is 0.297. The molecular weight excluding hydrogens is 264 g/mol. The minimum absolute atomic E-state index is 0.141. The number of benzene rings is 1. The monoisotopic (exact) mass is 275 g/mol. The third-order valence-electron chi connectivity index (χ3n) is 2.87. The highest BCUT2D eigenvalue weighted by molar-refractivity contribution is 6.33. The molecule has 1 aliphatic heterocycles. The van der Waals surface area contributed by atoms with Crippen LogP contribution in [0, 0.1) is 5.82 Å². The first-order valence-corrected chi connectivity index (χ1v) is 6.28. The molecule has 5 heteroatoms. The van der Waals surface area contributed by atoms with Gasteiger partial charge in [0.25, 0.3) is 5.91 Å². The van der Waals surface area contributed by atoms with Gasteiger partial charge in [-0.15, -0.1) is 11.6 Å². The maximum Gasteiger partial charge on any atom is 0.255 e. The number of carbonyl (C=O) groups is 1. The van der Waals surface area contributed by atoms with Gasteiger partial charge in [-0.05, 0) is 31.0 Å². The van der Waals surface area contributed by atoms with Crippen molar-refractivity contribution < 1.29 is 9.18 Å². The number of likely N-dealkylation sites (tertiary alicyclic amines) is 1. The fourth-order valence-electron chi connectivity index (χ4n) is 1.88. The van der Waals surface area contributed by atoms with Gasteiger partial charge in [0.1, 0.15) is 5.82 Å². The second kappa shape index (κ2) is 5.23. The SMILES string of the molecule is O=C(c1ccc(F)cc1Cl)N1CCC(Cl)CC1. The zero-order valence-electron chi connectivity index (χ0n) is 9.13. The first kappa shape index (κ1) is 12.7. The number of piperidine rings is 1. The molecule has 0 spiro atoms. The molecule has 0 aromatic heterocycles. The molecule has 1 amide bonds. The highest BCUT2D eigenvalue weighted by Gasteiger charge is 2.23. The molecule has 1 heterocycles. The Morgan fingerprint density at radius 2 is 2.00 bits per heavy atom. The van der Waals surface area contributed by atoms with Gasteiger partial charge >= 0.3 is 0 Å². The van der Waals surface area contributed by atoms with Crippen LogP contribution in [0.5, 0.6) is 0 Å². The number of rotatable bonds is 1. The number of hydrogen-bond donors (Lipinski definition) is 0. The average Bonchev–Trinajstić information content (AvgIpc) is 2.29. The van der Waals surface area contributed by atoms with Crippen molar-refractivity contribution in [2.24, 2.45) is 0 Å². The van der Waals surface area contributed by atoms with Crippen molar-refractivity contribution in [3.05, 3.63) is 34.6 Å². The van der Waals surface area contributed by atoms with E-state index in [-0.39, 0.29) is 16.3 Å². The van der Waals surface area contributed by atoms with Gasteiger partial charge in [0.2, 0.25) is 0 Å². The largest absolute Gasteiger partial charge is 0.338 e. The van der Waals surface area contributed by atoms with Gasteiger partial charge in [-0.1, -0.05) is 11.6 Å². The van der Waals surface area contributed by atoms with Crippen molar-refractivity contribution in [1.82, 2.24) is 4.90 Å². The highest BCUT2D eigenvalue weighted by atomic mass is 35.5. The molecule has 0 N–H and O–H groups in total. The Bertz CT molecular complexity index is 431.